The van der Waals surface area contributed by atoms with Gasteiger partial charge in [-0.2, -0.15) is 4.99 Å². The second-order valence-corrected chi connectivity index (χ2v) is 13.4. The molecule has 0 aliphatic carbocycles. The lowest BCUT2D eigenvalue weighted by Gasteiger charge is -2.44. The molecule has 0 saturated carbocycles. The van der Waals surface area contributed by atoms with E-state index < -0.39 is 16.2 Å². The SMILES string of the molecule is CN/C=C\C(N)=NC(=O)c1cc(OCc2ccccc2)cc(O[C@@H](C)COS(C)(C)C(C)(C)C)c1.[HH]. The first kappa shape index (κ1) is 28.3. The zero-order valence-corrected chi connectivity index (χ0v) is 22.6. The van der Waals surface area contributed by atoms with Crippen LogP contribution in [0.2, 0.25) is 0 Å². The molecule has 0 heterocycles. The van der Waals surface area contributed by atoms with E-state index in [1.807, 2.05) is 37.3 Å². The number of hydrogen-bond acceptors (Lipinski definition) is 5. The number of carbonyl (C=O) groups is 1. The van der Waals surface area contributed by atoms with E-state index in [1.54, 1.807) is 31.4 Å². The van der Waals surface area contributed by atoms with E-state index in [-0.39, 0.29) is 18.1 Å². The summed E-state index contributed by atoms with van der Waals surface area (Å²) in [6, 6.07) is 14.9. The van der Waals surface area contributed by atoms with Gasteiger partial charge in [0.1, 0.15) is 30.0 Å². The van der Waals surface area contributed by atoms with Crippen LogP contribution >= 0.6 is 10.3 Å². The van der Waals surface area contributed by atoms with E-state index in [0.717, 1.165) is 5.56 Å². The molecule has 35 heavy (non-hydrogen) atoms. The van der Waals surface area contributed by atoms with E-state index >= 15 is 0 Å². The van der Waals surface area contributed by atoms with Gasteiger partial charge in [-0.1, -0.05) is 51.1 Å². The molecule has 2 aromatic rings. The van der Waals surface area contributed by atoms with Crippen LogP contribution in [0.1, 0.15) is 45.0 Å². The molecular formula is C27H41N3O4S. The topological polar surface area (TPSA) is 95.2 Å². The number of carbonyl (C=O) groups excluding carboxylic acids is 1. The second kappa shape index (κ2) is 12.7. The van der Waals surface area contributed by atoms with Crippen molar-refractivity contribution in [1.82, 2.24) is 5.32 Å². The molecule has 2 rings (SSSR count). The van der Waals surface area contributed by atoms with Crippen molar-refractivity contribution < 1.29 is 19.9 Å². The predicted molar refractivity (Wildman–Crippen MR) is 149 cm³/mol. The molecule has 0 saturated heterocycles. The zero-order chi connectivity index (χ0) is 26.1. The monoisotopic (exact) mass is 503 g/mol. The van der Waals surface area contributed by atoms with Gasteiger partial charge in [-0.05, 0) is 49.4 Å². The zero-order valence-electron chi connectivity index (χ0n) is 21.8. The van der Waals surface area contributed by atoms with Crippen molar-refractivity contribution in [2.24, 2.45) is 10.7 Å². The summed E-state index contributed by atoms with van der Waals surface area (Å²) in [5, 5.41) is 2.81. The summed E-state index contributed by atoms with van der Waals surface area (Å²) in [6.07, 6.45) is 7.19. The molecule has 7 nitrogen and oxygen atoms in total. The predicted octanol–water partition coefficient (Wildman–Crippen LogP) is 5.30. The van der Waals surface area contributed by atoms with Crippen LogP contribution in [0.15, 0.2) is 65.8 Å². The van der Waals surface area contributed by atoms with Crippen LogP contribution in [0, 0.1) is 0 Å². The Bertz CT molecular complexity index is 1040. The number of amidine groups is 1. The van der Waals surface area contributed by atoms with Crippen LogP contribution in [0.3, 0.4) is 0 Å². The van der Waals surface area contributed by atoms with E-state index in [1.165, 1.54) is 6.08 Å². The number of nitrogens with two attached hydrogens (primary N) is 1. The standard InChI is InChI=1S/C27H39N3O4S.H2/c1-20(18-33-35(6,7)27(2,3)4)34-24-16-22(26(31)30-25(28)13-14-29-5)15-23(17-24)32-19-21-11-9-8-10-12-21;/h8-17,20,29H,18-19H2,1-7H3,(H2,28,30,31);1H/b14-13-;/t20-;/m0./s1. The molecular weight excluding hydrogens is 462 g/mol. The third-order valence-electron chi connectivity index (χ3n) is 5.44. The lowest BCUT2D eigenvalue weighted by molar-refractivity contribution is 0.100. The number of rotatable bonds is 11. The highest BCUT2D eigenvalue weighted by Gasteiger charge is 2.29. The van der Waals surface area contributed by atoms with Crippen molar-refractivity contribution in [3.05, 3.63) is 71.9 Å². The Morgan fingerprint density at radius 1 is 1.17 bits per heavy atom. The van der Waals surface area contributed by atoms with Crippen molar-refractivity contribution in [2.45, 2.75) is 45.2 Å². The summed E-state index contributed by atoms with van der Waals surface area (Å²) in [6.45, 7) is 9.26. The number of aliphatic imine (C=N–C) groups is 1. The van der Waals surface area contributed by atoms with Crippen LogP contribution in [0.5, 0.6) is 11.5 Å². The minimum absolute atomic E-state index is 0. The summed E-state index contributed by atoms with van der Waals surface area (Å²) in [5.74, 6) is 0.609. The third-order valence-corrected chi connectivity index (χ3v) is 9.11. The Kier molecular flexibility index (Phi) is 10.2. The molecule has 194 valence electrons. The van der Waals surface area contributed by atoms with Crippen molar-refractivity contribution in [1.29, 1.82) is 0 Å². The van der Waals surface area contributed by atoms with Gasteiger partial charge in [0, 0.05) is 24.9 Å². The molecule has 0 aromatic heterocycles. The smallest absolute Gasteiger partial charge is 0.279 e. The average Bonchev–Trinajstić information content (AvgIpc) is 2.80. The van der Waals surface area contributed by atoms with Gasteiger partial charge in [0.15, 0.2) is 0 Å². The van der Waals surface area contributed by atoms with Gasteiger partial charge in [0.25, 0.3) is 5.91 Å². The van der Waals surface area contributed by atoms with Crippen molar-refractivity contribution >= 4 is 22.1 Å². The highest BCUT2D eigenvalue weighted by Crippen LogP contribution is 2.53. The number of nitrogens with zero attached hydrogens (tertiary/aromatic N) is 1. The maximum Gasteiger partial charge on any atom is 0.279 e. The van der Waals surface area contributed by atoms with Gasteiger partial charge in [0.2, 0.25) is 0 Å². The summed E-state index contributed by atoms with van der Waals surface area (Å²) in [5.41, 5.74) is 7.16. The van der Waals surface area contributed by atoms with Crippen LogP contribution in [-0.4, -0.2) is 48.8 Å². The van der Waals surface area contributed by atoms with Crippen molar-refractivity contribution in [3.63, 3.8) is 0 Å². The van der Waals surface area contributed by atoms with Gasteiger partial charge in [-0.15, -0.1) is 10.3 Å². The maximum absolute atomic E-state index is 12.8. The number of amides is 1. The second-order valence-electron chi connectivity index (χ2n) is 9.49. The van der Waals surface area contributed by atoms with Gasteiger partial charge in [-0.25, -0.2) is 0 Å². The average molecular weight is 504 g/mol. The number of hydrogen-bond donors (Lipinski definition) is 2. The van der Waals surface area contributed by atoms with Gasteiger partial charge < -0.3 is 24.7 Å². The highest BCUT2D eigenvalue weighted by molar-refractivity contribution is 8.29. The molecule has 0 aliphatic rings. The molecule has 0 radical (unpaired) electrons. The molecule has 0 spiro atoms. The summed E-state index contributed by atoms with van der Waals surface area (Å²) in [7, 11) is 0.457. The summed E-state index contributed by atoms with van der Waals surface area (Å²) >= 11 is 0. The highest BCUT2D eigenvalue weighted by atomic mass is 32.3. The van der Waals surface area contributed by atoms with Crippen LogP contribution in [0.25, 0.3) is 0 Å². The molecule has 1 amide bonds. The van der Waals surface area contributed by atoms with Gasteiger partial charge in [0.05, 0.1) is 6.61 Å². The quantitative estimate of drug-likeness (QED) is 0.319. The normalized spacial score (nSPS) is 14.0. The van der Waals surface area contributed by atoms with E-state index in [0.29, 0.717) is 30.3 Å². The van der Waals surface area contributed by atoms with E-state index in [4.69, 9.17) is 19.4 Å². The van der Waals surface area contributed by atoms with E-state index in [2.05, 4.69) is 43.6 Å². The van der Waals surface area contributed by atoms with Crippen molar-refractivity contribution in [2.75, 3.05) is 26.2 Å². The Morgan fingerprint density at radius 2 is 1.83 bits per heavy atom. The lowest BCUT2D eigenvalue weighted by atomic mass is 10.2. The third kappa shape index (κ3) is 9.30. The van der Waals surface area contributed by atoms with Crippen LogP contribution < -0.4 is 20.5 Å². The first-order valence-electron chi connectivity index (χ1n) is 11.5. The van der Waals surface area contributed by atoms with Crippen LogP contribution in [-0.2, 0) is 10.8 Å². The lowest BCUT2D eigenvalue weighted by Crippen LogP contribution is -2.29. The largest absolute Gasteiger partial charge is 0.489 e. The summed E-state index contributed by atoms with van der Waals surface area (Å²) in [4.78, 5) is 16.8. The van der Waals surface area contributed by atoms with Gasteiger partial charge in [-0.3, -0.25) is 4.79 Å². The minimum atomic E-state index is -1.28. The first-order valence-corrected chi connectivity index (χ1v) is 13.9. The minimum Gasteiger partial charge on any atom is -0.489 e. The Balaban J connectivity index is 0.00000648. The fourth-order valence-electron chi connectivity index (χ4n) is 2.68. The molecule has 0 bridgehead atoms. The molecule has 1 atom stereocenters. The molecule has 0 fully saturated rings. The Hall–Kier alpha value is -2.97. The molecule has 8 heteroatoms. The Morgan fingerprint density at radius 3 is 2.46 bits per heavy atom. The number of nitrogens with one attached hydrogen (secondary N) is 1. The van der Waals surface area contributed by atoms with Gasteiger partial charge >= 0.3 is 0 Å². The van der Waals surface area contributed by atoms with Crippen molar-refractivity contribution in [3.8, 4) is 11.5 Å². The first-order chi connectivity index (χ1) is 16.4. The number of ether oxygens (including phenoxy) is 2. The number of benzene rings is 2. The molecule has 3 N–H and O–H groups in total. The Labute approximate surface area is 212 Å². The fraction of sp³-hybridized carbons (Fsp3) is 0.407. The maximum atomic E-state index is 12.8. The molecule has 2 aromatic carbocycles. The molecule has 0 unspecified atom stereocenters. The fourth-order valence-corrected chi connectivity index (χ4v) is 3.57. The summed E-state index contributed by atoms with van der Waals surface area (Å²) < 4.78 is 18.4. The molecule has 0 aliphatic heterocycles. The van der Waals surface area contributed by atoms with Crippen LogP contribution in [0.4, 0.5) is 0 Å². The van der Waals surface area contributed by atoms with E-state index in [9.17, 15) is 4.79 Å².